The maximum atomic E-state index is 13.8. The Labute approximate surface area is 160 Å². The van der Waals surface area contributed by atoms with Crippen molar-refractivity contribution in [3.05, 3.63) is 65.5 Å². The second-order valence-electron chi connectivity index (χ2n) is 6.04. The van der Waals surface area contributed by atoms with E-state index >= 15 is 0 Å². The maximum Gasteiger partial charge on any atom is 0.242 e. The summed E-state index contributed by atoms with van der Waals surface area (Å²) >= 11 is 0. The van der Waals surface area contributed by atoms with E-state index in [0.29, 0.717) is 23.6 Å². The summed E-state index contributed by atoms with van der Waals surface area (Å²) in [5, 5.41) is 6.15. The second kappa shape index (κ2) is 9.48. The molecule has 0 aromatic heterocycles. The SMILES string of the molecule is CCNC(=NCc1ccccc1S(=O)(=O)N(C)C)NCc1ccccc1F. The molecule has 0 saturated carbocycles. The zero-order chi connectivity index (χ0) is 19.9. The third-order valence-corrected chi connectivity index (χ3v) is 5.80. The van der Waals surface area contributed by atoms with E-state index in [-0.39, 0.29) is 23.8 Å². The molecule has 0 atom stereocenters. The summed E-state index contributed by atoms with van der Waals surface area (Å²) in [6, 6.07) is 13.3. The highest BCUT2D eigenvalue weighted by Gasteiger charge is 2.20. The summed E-state index contributed by atoms with van der Waals surface area (Å²) in [5.74, 6) is 0.195. The quantitative estimate of drug-likeness (QED) is 0.560. The Morgan fingerprint density at radius 3 is 2.30 bits per heavy atom. The molecule has 27 heavy (non-hydrogen) atoms. The second-order valence-corrected chi connectivity index (χ2v) is 8.16. The van der Waals surface area contributed by atoms with Crippen LogP contribution in [0.2, 0.25) is 0 Å². The van der Waals surface area contributed by atoms with Crippen molar-refractivity contribution in [3.63, 3.8) is 0 Å². The van der Waals surface area contributed by atoms with Gasteiger partial charge in [-0.05, 0) is 24.6 Å². The van der Waals surface area contributed by atoms with Crippen molar-refractivity contribution in [3.8, 4) is 0 Å². The summed E-state index contributed by atoms with van der Waals surface area (Å²) in [4.78, 5) is 4.68. The van der Waals surface area contributed by atoms with Gasteiger partial charge in [-0.1, -0.05) is 36.4 Å². The van der Waals surface area contributed by atoms with Gasteiger partial charge < -0.3 is 10.6 Å². The monoisotopic (exact) mass is 392 g/mol. The third kappa shape index (κ3) is 5.51. The van der Waals surface area contributed by atoms with Gasteiger partial charge in [-0.3, -0.25) is 0 Å². The predicted molar refractivity (Wildman–Crippen MR) is 105 cm³/mol. The van der Waals surface area contributed by atoms with Gasteiger partial charge in [0.05, 0.1) is 11.4 Å². The molecule has 0 bridgehead atoms. The molecule has 8 heteroatoms. The Morgan fingerprint density at radius 2 is 1.67 bits per heavy atom. The minimum atomic E-state index is -3.55. The van der Waals surface area contributed by atoms with E-state index in [4.69, 9.17) is 0 Å². The van der Waals surface area contributed by atoms with E-state index in [2.05, 4.69) is 15.6 Å². The van der Waals surface area contributed by atoms with Crippen molar-refractivity contribution < 1.29 is 12.8 Å². The summed E-state index contributed by atoms with van der Waals surface area (Å²) < 4.78 is 39.9. The minimum absolute atomic E-state index is 0.176. The molecule has 0 radical (unpaired) electrons. The first kappa shape index (κ1) is 20.9. The molecular formula is C19H25FN4O2S. The normalized spacial score (nSPS) is 12.3. The van der Waals surface area contributed by atoms with Crippen molar-refractivity contribution in [2.75, 3.05) is 20.6 Å². The van der Waals surface area contributed by atoms with Gasteiger partial charge >= 0.3 is 0 Å². The van der Waals surface area contributed by atoms with E-state index in [9.17, 15) is 12.8 Å². The number of benzene rings is 2. The lowest BCUT2D eigenvalue weighted by atomic mass is 10.2. The van der Waals surface area contributed by atoms with Crippen LogP contribution in [-0.4, -0.2) is 39.3 Å². The molecule has 0 amide bonds. The van der Waals surface area contributed by atoms with Gasteiger partial charge in [0.1, 0.15) is 5.82 Å². The molecule has 2 aromatic carbocycles. The number of hydrogen-bond acceptors (Lipinski definition) is 3. The largest absolute Gasteiger partial charge is 0.357 e. The highest BCUT2D eigenvalue weighted by molar-refractivity contribution is 7.89. The summed E-state index contributed by atoms with van der Waals surface area (Å²) in [7, 11) is -0.564. The number of hydrogen-bond donors (Lipinski definition) is 2. The molecule has 0 aliphatic carbocycles. The zero-order valence-electron chi connectivity index (χ0n) is 15.7. The molecule has 6 nitrogen and oxygen atoms in total. The van der Waals surface area contributed by atoms with E-state index in [1.54, 1.807) is 42.5 Å². The van der Waals surface area contributed by atoms with Crippen LogP contribution in [0.3, 0.4) is 0 Å². The van der Waals surface area contributed by atoms with Crippen LogP contribution in [-0.2, 0) is 23.1 Å². The van der Waals surface area contributed by atoms with E-state index < -0.39 is 10.0 Å². The Balaban J connectivity index is 2.19. The Morgan fingerprint density at radius 1 is 1.04 bits per heavy atom. The molecule has 146 valence electrons. The zero-order valence-corrected chi connectivity index (χ0v) is 16.6. The lowest BCUT2D eigenvalue weighted by Gasteiger charge is -2.15. The molecule has 0 heterocycles. The van der Waals surface area contributed by atoms with Crippen molar-refractivity contribution in [2.45, 2.75) is 24.9 Å². The molecule has 0 fully saturated rings. The molecule has 2 aromatic rings. The van der Waals surface area contributed by atoms with Gasteiger partial charge in [0.15, 0.2) is 5.96 Å². The lowest BCUT2D eigenvalue weighted by Crippen LogP contribution is -2.37. The first-order valence-electron chi connectivity index (χ1n) is 8.62. The van der Waals surface area contributed by atoms with Crippen molar-refractivity contribution >= 4 is 16.0 Å². The average molecular weight is 393 g/mol. The van der Waals surface area contributed by atoms with Crippen LogP contribution in [0.25, 0.3) is 0 Å². The van der Waals surface area contributed by atoms with Gasteiger partial charge in [0.25, 0.3) is 0 Å². The molecule has 2 N–H and O–H groups in total. The summed E-state index contributed by atoms with van der Waals surface area (Å²) in [6.45, 7) is 3.00. The number of guanidine groups is 1. The smallest absolute Gasteiger partial charge is 0.242 e. The molecule has 0 aliphatic rings. The van der Waals surface area contributed by atoms with E-state index in [1.165, 1.54) is 24.5 Å². The molecular weight excluding hydrogens is 367 g/mol. The fraction of sp³-hybridized carbons (Fsp3) is 0.316. The predicted octanol–water partition coefficient (Wildman–Crippen LogP) is 2.33. The molecule has 0 saturated heterocycles. The third-order valence-electron chi connectivity index (χ3n) is 3.89. The lowest BCUT2D eigenvalue weighted by molar-refractivity contribution is 0.519. The van der Waals surface area contributed by atoms with Gasteiger partial charge in [0.2, 0.25) is 10.0 Å². The average Bonchev–Trinajstić information content (AvgIpc) is 2.65. The molecule has 0 aliphatic heterocycles. The van der Waals surface area contributed by atoms with Gasteiger partial charge in [0, 0.05) is 32.7 Å². The first-order chi connectivity index (χ1) is 12.9. The minimum Gasteiger partial charge on any atom is -0.357 e. The topological polar surface area (TPSA) is 73.8 Å². The van der Waals surface area contributed by atoms with Crippen LogP contribution in [0.4, 0.5) is 4.39 Å². The summed E-state index contributed by atoms with van der Waals surface area (Å²) in [5.41, 5.74) is 1.12. The van der Waals surface area contributed by atoms with Gasteiger partial charge in [-0.25, -0.2) is 22.1 Å². The van der Waals surface area contributed by atoms with Crippen LogP contribution >= 0.6 is 0 Å². The Kier molecular flexibility index (Phi) is 7.32. The van der Waals surface area contributed by atoms with Crippen molar-refractivity contribution in [2.24, 2.45) is 4.99 Å². The van der Waals surface area contributed by atoms with Gasteiger partial charge in [-0.2, -0.15) is 0 Å². The number of sulfonamides is 1. The molecule has 2 rings (SSSR count). The van der Waals surface area contributed by atoms with E-state index in [1.807, 2.05) is 6.92 Å². The van der Waals surface area contributed by atoms with Crippen LogP contribution in [0.5, 0.6) is 0 Å². The van der Waals surface area contributed by atoms with E-state index in [0.717, 1.165) is 0 Å². The van der Waals surface area contributed by atoms with Gasteiger partial charge in [-0.15, -0.1) is 0 Å². The van der Waals surface area contributed by atoms with Crippen molar-refractivity contribution in [1.29, 1.82) is 0 Å². The Hall–Kier alpha value is -2.45. The van der Waals surface area contributed by atoms with Crippen molar-refractivity contribution in [1.82, 2.24) is 14.9 Å². The molecule has 0 spiro atoms. The first-order valence-corrected chi connectivity index (χ1v) is 10.1. The highest BCUT2D eigenvalue weighted by Crippen LogP contribution is 2.19. The van der Waals surface area contributed by atoms with Crippen LogP contribution < -0.4 is 10.6 Å². The maximum absolute atomic E-state index is 13.8. The number of rotatable bonds is 7. The fourth-order valence-electron chi connectivity index (χ4n) is 2.41. The molecule has 0 unspecified atom stereocenters. The number of halogens is 1. The summed E-state index contributed by atoms with van der Waals surface area (Å²) in [6.07, 6.45) is 0. The number of aliphatic imine (C=N–C) groups is 1. The fourth-order valence-corrected chi connectivity index (χ4v) is 3.52. The highest BCUT2D eigenvalue weighted by atomic mass is 32.2. The number of nitrogens with one attached hydrogen (secondary N) is 2. The Bertz CT molecular complexity index is 898. The van der Waals surface area contributed by atoms with Crippen LogP contribution in [0, 0.1) is 5.82 Å². The van der Waals surface area contributed by atoms with Crippen LogP contribution in [0.1, 0.15) is 18.1 Å². The standard InChI is InChI=1S/C19H25FN4O2S/c1-4-21-19(22-13-15-9-5-7-11-17(15)20)23-14-16-10-6-8-12-18(16)27(25,26)24(2)3/h5-12H,4,13-14H2,1-3H3,(H2,21,22,23). The van der Waals surface area contributed by atoms with Crippen LogP contribution in [0.15, 0.2) is 58.4 Å². The number of nitrogens with zero attached hydrogens (tertiary/aromatic N) is 2.